The average molecular weight is 265 g/mol. The van der Waals surface area contributed by atoms with Crippen LogP contribution in [0.2, 0.25) is 0 Å². The lowest BCUT2D eigenvalue weighted by atomic mass is 10.2. The maximum absolute atomic E-state index is 13.6. The molecule has 0 fully saturated rings. The fraction of sp³-hybridized carbons (Fsp3) is 0.250. The Bertz CT molecular complexity index is 598. The summed E-state index contributed by atoms with van der Waals surface area (Å²) in [4.78, 5) is 14.7. The van der Waals surface area contributed by atoms with Crippen LogP contribution in [0.15, 0.2) is 22.7 Å². The van der Waals surface area contributed by atoms with Crippen LogP contribution in [0.4, 0.5) is 10.1 Å². The number of hydrogen-bond acceptors (Lipinski definition) is 5. The summed E-state index contributed by atoms with van der Waals surface area (Å²) in [7, 11) is 0. The molecule has 0 unspecified atom stereocenters. The smallest absolute Gasteiger partial charge is 0.335 e. The molecule has 0 spiro atoms. The van der Waals surface area contributed by atoms with E-state index in [1.165, 1.54) is 12.1 Å². The first-order valence-electron chi connectivity index (χ1n) is 5.62. The lowest BCUT2D eigenvalue weighted by Gasteiger charge is -2.06. The van der Waals surface area contributed by atoms with Crippen LogP contribution >= 0.6 is 0 Å². The van der Waals surface area contributed by atoms with Gasteiger partial charge in [-0.15, -0.1) is 0 Å². The Hall–Kier alpha value is -2.44. The van der Waals surface area contributed by atoms with E-state index in [9.17, 15) is 9.18 Å². The third-order valence-corrected chi connectivity index (χ3v) is 2.45. The molecule has 0 amide bonds. The number of nitrogens with one attached hydrogen (secondary N) is 1. The summed E-state index contributed by atoms with van der Waals surface area (Å²) in [6, 6.07) is 3.70. The third-order valence-electron chi connectivity index (χ3n) is 2.45. The summed E-state index contributed by atoms with van der Waals surface area (Å²) in [5.41, 5.74) is 0.155. The molecule has 19 heavy (non-hydrogen) atoms. The zero-order chi connectivity index (χ0) is 13.8. The van der Waals surface area contributed by atoms with Crippen LogP contribution in [-0.2, 0) is 6.42 Å². The number of benzene rings is 1. The SMILES string of the molecule is Cc1nc(CCNc2ccc(C(=O)O)cc2F)no1. The standard InChI is InChI=1S/C12H12FN3O3/c1-7-15-11(16-19-7)4-5-14-10-3-2-8(12(17)18)6-9(10)13/h2-3,6,14H,4-5H2,1H3,(H,17,18). The van der Waals surface area contributed by atoms with Crippen molar-refractivity contribution in [2.24, 2.45) is 0 Å². The van der Waals surface area contributed by atoms with Crippen LogP contribution in [-0.4, -0.2) is 27.8 Å². The summed E-state index contributed by atoms with van der Waals surface area (Å²) in [6.45, 7) is 2.11. The van der Waals surface area contributed by atoms with Crippen LogP contribution in [0, 0.1) is 12.7 Å². The van der Waals surface area contributed by atoms with Crippen molar-refractivity contribution >= 4 is 11.7 Å². The summed E-state index contributed by atoms with van der Waals surface area (Å²) < 4.78 is 18.4. The molecule has 0 bridgehead atoms. The molecular formula is C12H12FN3O3. The van der Waals surface area contributed by atoms with Gasteiger partial charge in [0.25, 0.3) is 0 Å². The molecule has 0 saturated heterocycles. The molecule has 0 aliphatic rings. The molecule has 1 aromatic carbocycles. The predicted molar refractivity (Wildman–Crippen MR) is 64.6 cm³/mol. The van der Waals surface area contributed by atoms with Gasteiger partial charge in [0.15, 0.2) is 5.82 Å². The number of halogens is 1. The minimum Gasteiger partial charge on any atom is -0.478 e. The van der Waals surface area contributed by atoms with Crippen molar-refractivity contribution in [3.05, 3.63) is 41.3 Å². The quantitative estimate of drug-likeness (QED) is 0.858. The molecule has 2 aromatic rings. The van der Waals surface area contributed by atoms with Crippen molar-refractivity contribution < 1.29 is 18.8 Å². The monoisotopic (exact) mass is 265 g/mol. The van der Waals surface area contributed by atoms with Crippen LogP contribution in [0.3, 0.4) is 0 Å². The highest BCUT2D eigenvalue weighted by molar-refractivity contribution is 5.88. The zero-order valence-corrected chi connectivity index (χ0v) is 10.2. The maximum atomic E-state index is 13.6. The number of carboxylic acids is 1. The second-order valence-electron chi connectivity index (χ2n) is 3.91. The Morgan fingerprint density at radius 1 is 1.53 bits per heavy atom. The van der Waals surface area contributed by atoms with Crippen molar-refractivity contribution in [2.75, 3.05) is 11.9 Å². The van der Waals surface area contributed by atoms with E-state index in [2.05, 4.69) is 15.5 Å². The second-order valence-corrected chi connectivity index (χ2v) is 3.91. The first-order valence-corrected chi connectivity index (χ1v) is 5.62. The zero-order valence-electron chi connectivity index (χ0n) is 10.2. The Labute approximate surface area is 108 Å². The number of hydrogen-bond donors (Lipinski definition) is 2. The summed E-state index contributed by atoms with van der Waals surface area (Å²) in [5.74, 6) is -0.753. The minimum absolute atomic E-state index is 0.0863. The molecule has 1 aromatic heterocycles. The van der Waals surface area contributed by atoms with Gasteiger partial charge in [-0.1, -0.05) is 5.16 Å². The van der Waals surface area contributed by atoms with Crippen molar-refractivity contribution in [3.63, 3.8) is 0 Å². The van der Waals surface area contributed by atoms with Gasteiger partial charge in [-0.05, 0) is 18.2 Å². The van der Waals surface area contributed by atoms with Gasteiger partial charge in [0.05, 0.1) is 11.3 Å². The second kappa shape index (κ2) is 5.47. The van der Waals surface area contributed by atoms with E-state index in [4.69, 9.17) is 9.63 Å². The van der Waals surface area contributed by atoms with E-state index >= 15 is 0 Å². The number of aromatic carboxylic acids is 1. The highest BCUT2D eigenvalue weighted by Crippen LogP contribution is 2.15. The van der Waals surface area contributed by atoms with Crippen LogP contribution in [0.5, 0.6) is 0 Å². The highest BCUT2D eigenvalue weighted by Gasteiger charge is 2.08. The first kappa shape index (κ1) is 13.0. The van der Waals surface area contributed by atoms with E-state index < -0.39 is 11.8 Å². The number of rotatable bonds is 5. The molecule has 0 aliphatic carbocycles. The molecule has 100 valence electrons. The lowest BCUT2D eigenvalue weighted by molar-refractivity contribution is 0.0696. The molecular weight excluding hydrogens is 253 g/mol. The van der Waals surface area contributed by atoms with Crippen molar-refractivity contribution in [2.45, 2.75) is 13.3 Å². The molecule has 0 atom stereocenters. The molecule has 6 nitrogen and oxygen atoms in total. The Kier molecular flexibility index (Phi) is 3.74. The normalized spacial score (nSPS) is 10.4. The van der Waals surface area contributed by atoms with Gasteiger partial charge < -0.3 is 14.9 Å². The van der Waals surface area contributed by atoms with Gasteiger partial charge in [-0.25, -0.2) is 9.18 Å². The molecule has 2 N–H and O–H groups in total. The first-order chi connectivity index (χ1) is 9.06. The predicted octanol–water partition coefficient (Wildman–Crippen LogP) is 1.87. The van der Waals surface area contributed by atoms with Crippen molar-refractivity contribution in [1.29, 1.82) is 0 Å². The van der Waals surface area contributed by atoms with Gasteiger partial charge in [-0.2, -0.15) is 4.98 Å². The van der Waals surface area contributed by atoms with Gasteiger partial charge >= 0.3 is 5.97 Å². The molecule has 1 heterocycles. The summed E-state index contributed by atoms with van der Waals surface area (Å²) in [5, 5.41) is 15.3. The summed E-state index contributed by atoms with van der Waals surface area (Å²) in [6.07, 6.45) is 0.484. The lowest BCUT2D eigenvalue weighted by Crippen LogP contribution is -2.08. The Morgan fingerprint density at radius 3 is 2.89 bits per heavy atom. The fourth-order valence-corrected chi connectivity index (χ4v) is 1.54. The van der Waals surface area contributed by atoms with Crippen LogP contribution < -0.4 is 5.32 Å². The van der Waals surface area contributed by atoms with Gasteiger partial charge in [0.1, 0.15) is 5.82 Å². The fourth-order valence-electron chi connectivity index (χ4n) is 1.54. The highest BCUT2D eigenvalue weighted by atomic mass is 19.1. The average Bonchev–Trinajstić information content (AvgIpc) is 2.77. The van der Waals surface area contributed by atoms with E-state index in [1.54, 1.807) is 6.92 Å². The molecule has 7 heteroatoms. The number of nitrogens with zero attached hydrogens (tertiary/aromatic N) is 2. The van der Waals surface area contributed by atoms with E-state index in [0.717, 1.165) is 6.07 Å². The molecule has 2 rings (SSSR count). The van der Waals surface area contributed by atoms with Crippen LogP contribution in [0.1, 0.15) is 22.1 Å². The van der Waals surface area contributed by atoms with E-state index in [-0.39, 0.29) is 11.3 Å². The number of aromatic nitrogens is 2. The minimum atomic E-state index is -1.16. The number of carboxylic acid groups (broad SMARTS) is 1. The third kappa shape index (κ3) is 3.27. The van der Waals surface area contributed by atoms with Crippen molar-refractivity contribution in [1.82, 2.24) is 10.1 Å². The van der Waals surface area contributed by atoms with Crippen LogP contribution in [0.25, 0.3) is 0 Å². The van der Waals surface area contributed by atoms with Gasteiger partial charge in [-0.3, -0.25) is 0 Å². The number of anilines is 1. The number of aryl methyl sites for hydroxylation is 1. The largest absolute Gasteiger partial charge is 0.478 e. The summed E-state index contributed by atoms with van der Waals surface area (Å²) >= 11 is 0. The Balaban J connectivity index is 1.94. The Morgan fingerprint density at radius 2 is 2.32 bits per heavy atom. The maximum Gasteiger partial charge on any atom is 0.335 e. The van der Waals surface area contributed by atoms with Gasteiger partial charge in [0.2, 0.25) is 5.89 Å². The number of carbonyl (C=O) groups is 1. The molecule has 0 aliphatic heterocycles. The van der Waals surface area contributed by atoms with Gasteiger partial charge in [0, 0.05) is 19.9 Å². The molecule has 0 radical (unpaired) electrons. The topological polar surface area (TPSA) is 88.2 Å². The van der Waals surface area contributed by atoms with E-state index in [1.807, 2.05) is 0 Å². The van der Waals surface area contributed by atoms with E-state index in [0.29, 0.717) is 24.7 Å². The molecule has 0 saturated carbocycles. The van der Waals surface area contributed by atoms with Crippen molar-refractivity contribution in [3.8, 4) is 0 Å².